The minimum atomic E-state index is -0.0293. The number of hydrazine groups is 1. The summed E-state index contributed by atoms with van der Waals surface area (Å²) in [7, 11) is 1.85. The Morgan fingerprint density at radius 2 is 2.26 bits per heavy atom. The smallest absolute Gasteiger partial charge is 0.153 e. The lowest BCUT2D eigenvalue weighted by atomic mass is 10.3. The van der Waals surface area contributed by atoms with Crippen molar-refractivity contribution in [2.24, 2.45) is 12.9 Å². The van der Waals surface area contributed by atoms with Gasteiger partial charge in [0, 0.05) is 22.2 Å². The van der Waals surface area contributed by atoms with Crippen molar-refractivity contribution in [2.45, 2.75) is 10.9 Å². The fourth-order valence-corrected chi connectivity index (χ4v) is 3.80. The summed E-state index contributed by atoms with van der Waals surface area (Å²) in [5, 5.41) is 7.93. The number of nitrogens with zero attached hydrogens (tertiary/aromatic N) is 3. The van der Waals surface area contributed by atoms with Crippen molar-refractivity contribution in [3.63, 3.8) is 0 Å². The van der Waals surface area contributed by atoms with Gasteiger partial charge in [-0.3, -0.25) is 11.3 Å². The van der Waals surface area contributed by atoms with Crippen molar-refractivity contribution in [1.29, 1.82) is 0 Å². The molecule has 0 saturated carbocycles. The maximum absolute atomic E-state index is 5.63. The molecule has 1 heterocycles. The van der Waals surface area contributed by atoms with E-state index in [1.165, 1.54) is 4.90 Å². The Hall–Kier alpha value is -0.410. The zero-order chi connectivity index (χ0) is 13.8. The predicted molar refractivity (Wildman–Crippen MR) is 83.6 cm³/mol. The minimum absolute atomic E-state index is 0.0293. The van der Waals surface area contributed by atoms with Crippen molar-refractivity contribution in [3.8, 4) is 0 Å². The first-order chi connectivity index (χ1) is 9.11. The number of hydrogen-bond acceptors (Lipinski definition) is 5. The SMILES string of the molecule is Cn1nnc(Br)c1C(CSc1cccc(Br)c1)NN. The van der Waals surface area contributed by atoms with Crippen LogP contribution in [0.4, 0.5) is 0 Å². The van der Waals surface area contributed by atoms with Crippen LogP contribution < -0.4 is 11.3 Å². The molecule has 1 aromatic heterocycles. The van der Waals surface area contributed by atoms with Gasteiger partial charge < -0.3 is 0 Å². The van der Waals surface area contributed by atoms with Gasteiger partial charge in [0.1, 0.15) is 0 Å². The number of benzene rings is 1. The van der Waals surface area contributed by atoms with Crippen LogP contribution in [-0.4, -0.2) is 20.7 Å². The Balaban J connectivity index is 2.08. The molecule has 0 radical (unpaired) electrons. The lowest BCUT2D eigenvalue weighted by Gasteiger charge is -2.15. The van der Waals surface area contributed by atoms with Crippen LogP contribution in [0.1, 0.15) is 11.7 Å². The molecular formula is C11H13Br2N5S. The van der Waals surface area contributed by atoms with Crippen molar-refractivity contribution >= 4 is 43.6 Å². The van der Waals surface area contributed by atoms with Crippen molar-refractivity contribution in [2.75, 3.05) is 5.75 Å². The molecule has 0 amide bonds. The second-order valence-corrected chi connectivity index (χ2v) is 6.64. The van der Waals surface area contributed by atoms with Gasteiger partial charge in [0.15, 0.2) is 4.60 Å². The molecule has 0 bridgehead atoms. The molecule has 1 aromatic carbocycles. The van der Waals surface area contributed by atoms with E-state index in [1.54, 1.807) is 16.4 Å². The topological polar surface area (TPSA) is 68.8 Å². The Morgan fingerprint density at radius 1 is 1.47 bits per heavy atom. The number of aromatic nitrogens is 3. The van der Waals surface area contributed by atoms with Gasteiger partial charge in [-0.1, -0.05) is 27.2 Å². The van der Waals surface area contributed by atoms with Gasteiger partial charge in [-0.25, -0.2) is 4.68 Å². The average Bonchev–Trinajstić information content (AvgIpc) is 2.71. The standard InChI is InChI=1S/C11H13Br2N5S/c1-18-10(11(13)16-17-18)9(15-14)6-19-8-4-2-3-7(12)5-8/h2-5,9,15H,6,14H2,1H3. The van der Waals surface area contributed by atoms with Crippen LogP contribution >= 0.6 is 43.6 Å². The largest absolute Gasteiger partial charge is 0.271 e. The average molecular weight is 407 g/mol. The van der Waals surface area contributed by atoms with Crippen LogP contribution in [0, 0.1) is 0 Å². The molecule has 0 aliphatic rings. The normalized spacial score (nSPS) is 12.6. The molecule has 19 heavy (non-hydrogen) atoms. The number of halogens is 2. The fraction of sp³-hybridized carbons (Fsp3) is 0.273. The predicted octanol–water partition coefficient (Wildman–Crippen LogP) is 2.64. The minimum Gasteiger partial charge on any atom is -0.271 e. The number of nitrogens with one attached hydrogen (secondary N) is 1. The van der Waals surface area contributed by atoms with Crippen molar-refractivity contribution < 1.29 is 0 Å². The van der Waals surface area contributed by atoms with Gasteiger partial charge in [-0.15, -0.1) is 16.9 Å². The summed E-state index contributed by atoms with van der Waals surface area (Å²) in [5.74, 6) is 6.42. The summed E-state index contributed by atoms with van der Waals surface area (Å²) in [6, 6.07) is 8.13. The molecule has 3 N–H and O–H groups in total. The molecule has 1 atom stereocenters. The highest BCUT2D eigenvalue weighted by Gasteiger charge is 2.19. The van der Waals surface area contributed by atoms with E-state index in [4.69, 9.17) is 5.84 Å². The molecule has 5 nitrogen and oxygen atoms in total. The van der Waals surface area contributed by atoms with E-state index in [-0.39, 0.29) is 6.04 Å². The van der Waals surface area contributed by atoms with Crippen LogP contribution in [0.5, 0.6) is 0 Å². The number of nitrogens with two attached hydrogens (primary N) is 1. The number of aryl methyl sites for hydroxylation is 1. The summed E-state index contributed by atoms with van der Waals surface area (Å²) >= 11 is 8.57. The highest BCUT2D eigenvalue weighted by molar-refractivity contribution is 9.10. The summed E-state index contributed by atoms with van der Waals surface area (Å²) in [6.07, 6.45) is 0. The monoisotopic (exact) mass is 405 g/mol. The fourth-order valence-electron chi connectivity index (χ4n) is 1.65. The summed E-state index contributed by atoms with van der Waals surface area (Å²) in [6.45, 7) is 0. The molecule has 2 aromatic rings. The molecule has 8 heteroatoms. The Kier molecular flexibility index (Phi) is 5.40. The molecule has 1 unspecified atom stereocenters. The lowest BCUT2D eigenvalue weighted by Crippen LogP contribution is -2.31. The molecule has 0 aliphatic heterocycles. The third-order valence-corrected chi connectivity index (χ3v) is 4.72. The number of rotatable bonds is 5. The maximum Gasteiger partial charge on any atom is 0.153 e. The quantitative estimate of drug-likeness (QED) is 0.453. The van der Waals surface area contributed by atoms with Crippen molar-refractivity contribution in [3.05, 3.63) is 39.0 Å². The molecule has 0 aliphatic carbocycles. The van der Waals surface area contributed by atoms with Gasteiger partial charge in [0.2, 0.25) is 0 Å². The molecule has 0 fully saturated rings. The van der Waals surface area contributed by atoms with E-state index in [0.29, 0.717) is 4.60 Å². The highest BCUT2D eigenvalue weighted by Crippen LogP contribution is 2.28. The van der Waals surface area contributed by atoms with Crippen LogP contribution in [-0.2, 0) is 7.05 Å². The first-order valence-corrected chi connectivity index (χ1v) is 8.08. The van der Waals surface area contributed by atoms with Gasteiger partial charge in [0.25, 0.3) is 0 Å². The summed E-state index contributed by atoms with van der Waals surface area (Å²) in [4.78, 5) is 1.18. The van der Waals surface area contributed by atoms with E-state index in [1.807, 2.05) is 19.2 Å². The number of thioether (sulfide) groups is 1. The molecule has 2 rings (SSSR count). The molecule has 0 saturated heterocycles. The Labute approximate surface area is 132 Å². The lowest BCUT2D eigenvalue weighted by molar-refractivity contribution is 0.550. The van der Waals surface area contributed by atoms with Crippen molar-refractivity contribution in [1.82, 2.24) is 20.4 Å². The zero-order valence-electron chi connectivity index (χ0n) is 10.2. The van der Waals surface area contributed by atoms with Gasteiger partial charge >= 0.3 is 0 Å². The third-order valence-electron chi connectivity index (χ3n) is 2.57. The molecule has 102 valence electrons. The third kappa shape index (κ3) is 3.79. The summed E-state index contributed by atoms with van der Waals surface area (Å²) < 4.78 is 3.50. The Bertz CT molecular complexity index is 540. The van der Waals surface area contributed by atoms with E-state index < -0.39 is 0 Å². The van der Waals surface area contributed by atoms with Crippen LogP contribution in [0.2, 0.25) is 0 Å². The van der Waals surface area contributed by atoms with Crippen LogP contribution in [0.3, 0.4) is 0 Å². The van der Waals surface area contributed by atoms with E-state index >= 15 is 0 Å². The second-order valence-electron chi connectivity index (χ2n) is 3.88. The zero-order valence-corrected chi connectivity index (χ0v) is 14.2. The van der Waals surface area contributed by atoms with Crippen LogP contribution in [0.15, 0.2) is 38.2 Å². The number of hydrogen-bond donors (Lipinski definition) is 2. The highest BCUT2D eigenvalue weighted by atomic mass is 79.9. The van der Waals surface area contributed by atoms with E-state index in [9.17, 15) is 0 Å². The van der Waals surface area contributed by atoms with E-state index in [2.05, 4.69) is 59.7 Å². The first-order valence-electron chi connectivity index (χ1n) is 5.51. The molecular weight excluding hydrogens is 394 g/mol. The van der Waals surface area contributed by atoms with Gasteiger partial charge in [-0.05, 0) is 34.1 Å². The van der Waals surface area contributed by atoms with E-state index in [0.717, 1.165) is 15.9 Å². The van der Waals surface area contributed by atoms with Crippen LogP contribution in [0.25, 0.3) is 0 Å². The molecule has 0 spiro atoms. The summed E-state index contributed by atoms with van der Waals surface area (Å²) in [5.41, 5.74) is 3.74. The second kappa shape index (κ2) is 6.85. The first kappa shape index (κ1) is 15.0. The Morgan fingerprint density at radius 3 is 2.84 bits per heavy atom. The van der Waals surface area contributed by atoms with Gasteiger partial charge in [-0.2, -0.15) is 0 Å². The maximum atomic E-state index is 5.63. The van der Waals surface area contributed by atoms with Gasteiger partial charge in [0.05, 0.1) is 11.7 Å².